The Morgan fingerprint density at radius 1 is 1.10 bits per heavy atom. The summed E-state index contributed by atoms with van der Waals surface area (Å²) in [5.74, 6) is -1.95. The number of phenols is 1. The highest BCUT2D eigenvalue weighted by Crippen LogP contribution is 2.42. The molecule has 1 atom stereocenters. The van der Waals surface area contributed by atoms with Crippen LogP contribution >= 0.6 is 0 Å². The van der Waals surface area contributed by atoms with Crippen molar-refractivity contribution in [3.05, 3.63) is 68.8 Å². The lowest BCUT2D eigenvalue weighted by atomic mass is 9.84. The van der Waals surface area contributed by atoms with Gasteiger partial charge in [0.2, 0.25) is 0 Å². The predicted octanol–water partition coefficient (Wildman–Crippen LogP) is 4.76. The molecule has 2 aromatic rings. The molecule has 0 aromatic heterocycles. The van der Waals surface area contributed by atoms with Gasteiger partial charge in [0.05, 0.1) is 23.1 Å². The number of benzene rings is 2. The fourth-order valence-electron chi connectivity index (χ4n) is 4.80. The molecule has 0 radical (unpaired) electrons. The van der Waals surface area contributed by atoms with Crippen molar-refractivity contribution in [2.24, 2.45) is 0 Å². The summed E-state index contributed by atoms with van der Waals surface area (Å²) in [5, 5.41) is 33.1. The molecule has 1 fully saturated rings. The maximum atomic E-state index is 13.4. The summed E-state index contributed by atoms with van der Waals surface area (Å²) in [6.07, 6.45) is 0. The number of ether oxygens (including phenoxy) is 1. The van der Waals surface area contributed by atoms with Crippen LogP contribution in [0.15, 0.2) is 42.0 Å². The first-order valence-corrected chi connectivity index (χ1v) is 13.1. The molecule has 2 N–H and O–H groups in total. The first-order chi connectivity index (χ1) is 18.3. The quantitative estimate of drug-likeness (QED) is 0.145. The second kappa shape index (κ2) is 11.9. The van der Waals surface area contributed by atoms with Gasteiger partial charge in [0, 0.05) is 30.3 Å². The van der Waals surface area contributed by atoms with Crippen LogP contribution in [-0.4, -0.2) is 69.4 Å². The standard InChI is InChI=1S/C29H37N3O7/c1-7-30(8-2)14-15-31-25(18-10-12-22(33)21(17-18)32(37)38)24(27(35)28(31)36)26(34)19-11-13-23(39-9-3)20(16-19)29(4,5)6/h10-13,16-17,25,33-34H,7-9,14-15H2,1-6H3/b26-24-. The van der Waals surface area contributed by atoms with Gasteiger partial charge in [-0.25, -0.2) is 0 Å². The van der Waals surface area contributed by atoms with E-state index in [1.54, 1.807) is 18.2 Å². The molecule has 39 heavy (non-hydrogen) atoms. The normalized spacial score (nSPS) is 17.2. The average molecular weight is 540 g/mol. The van der Waals surface area contributed by atoms with E-state index in [-0.39, 0.29) is 28.9 Å². The Balaban J connectivity index is 2.24. The predicted molar refractivity (Wildman–Crippen MR) is 148 cm³/mol. The largest absolute Gasteiger partial charge is 0.507 e. The third-order valence-corrected chi connectivity index (χ3v) is 6.96. The Bertz CT molecular complexity index is 1290. The number of carbonyl (C=O) groups excluding carboxylic acids is 2. The molecule has 1 heterocycles. The fraction of sp³-hybridized carbons (Fsp3) is 0.448. The van der Waals surface area contributed by atoms with Crippen LogP contribution in [0.2, 0.25) is 0 Å². The Morgan fingerprint density at radius 2 is 1.77 bits per heavy atom. The van der Waals surface area contributed by atoms with Crippen LogP contribution in [0.3, 0.4) is 0 Å². The van der Waals surface area contributed by atoms with Crippen molar-refractivity contribution in [2.45, 2.75) is 53.0 Å². The molecule has 210 valence electrons. The zero-order chi connectivity index (χ0) is 29.1. The van der Waals surface area contributed by atoms with E-state index in [0.29, 0.717) is 24.5 Å². The van der Waals surface area contributed by atoms with Gasteiger partial charge in [-0.05, 0) is 55.3 Å². The van der Waals surface area contributed by atoms with Crippen LogP contribution in [0.5, 0.6) is 11.5 Å². The molecule has 1 amide bonds. The summed E-state index contributed by atoms with van der Waals surface area (Å²) in [5.41, 5.74) is 0.293. The second-order valence-corrected chi connectivity index (χ2v) is 10.4. The summed E-state index contributed by atoms with van der Waals surface area (Å²) in [6.45, 7) is 14.4. The van der Waals surface area contributed by atoms with Crippen LogP contribution < -0.4 is 4.74 Å². The number of likely N-dealkylation sites (N-methyl/N-ethyl adjacent to an activating group) is 1. The molecule has 0 bridgehead atoms. The summed E-state index contributed by atoms with van der Waals surface area (Å²) < 4.78 is 5.77. The number of nitro groups is 1. The monoisotopic (exact) mass is 539 g/mol. The molecule has 3 rings (SSSR count). The van der Waals surface area contributed by atoms with Gasteiger partial charge in [-0.15, -0.1) is 0 Å². The number of phenolic OH excluding ortho intramolecular Hbond substituents is 1. The first-order valence-electron chi connectivity index (χ1n) is 13.1. The van der Waals surface area contributed by atoms with Crippen LogP contribution in [0.25, 0.3) is 5.76 Å². The molecule has 1 aliphatic heterocycles. The molecular weight excluding hydrogens is 502 g/mol. The van der Waals surface area contributed by atoms with Gasteiger partial charge in [-0.1, -0.05) is 40.7 Å². The summed E-state index contributed by atoms with van der Waals surface area (Å²) in [7, 11) is 0. The summed E-state index contributed by atoms with van der Waals surface area (Å²) in [6, 6.07) is 7.72. The minimum atomic E-state index is -1.08. The Hall–Kier alpha value is -3.92. The lowest BCUT2D eigenvalue weighted by molar-refractivity contribution is -0.385. The number of carbonyl (C=O) groups is 2. The van der Waals surface area contributed by atoms with Crippen LogP contribution in [-0.2, 0) is 15.0 Å². The van der Waals surface area contributed by atoms with Gasteiger partial charge < -0.3 is 24.7 Å². The Labute approximate surface area is 228 Å². The van der Waals surface area contributed by atoms with Gasteiger partial charge >= 0.3 is 5.69 Å². The number of amides is 1. The van der Waals surface area contributed by atoms with Crippen molar-refractivity contribution in [1.82, 2.24) is 9.80 Å². The van der Waals surface area contributed by atoms with Crippen molar-refractivity contribution < 1.29 is 29.5 Å². The Morgan fingerprint density at radius 3 is 2.33 bits per heavy atom. The molecule has 10 heteroatoms. The van der Waals surface area contributed by atoms with E-state index in [9.17, 15) is 29.9 Å². The van der Waals surface area contributed by atoms with Gasteiger partial charge in [0.25, 0.3) is 11.7 Å². The first kappa shape index (κ1) is 29.6. The molecule has 2 aromatic carbocycles. The number of ketones is 1. The summed E-state index contributed by atoms with van der Waals surface area (Å²) >= 11 is 0. The van der Waals surface area contributed by atoms with E-state index in [4.69, 9.17) is 4.74 Å². The topological polar surface area (TPSA) is 133 Å². The van der Waals surface area contributed by atoms with Crippen LogP contribution in [0, 0.1) is 10.1 Å². The van der Waals surface area contributed by atoms with E-state index in [2.05, 4.69) is 4.90 Å². The van der Waals surface area contributed by atoms with E-state index in [0.717, 1.165) is 30.8 Å². The van der Waals surface area contributed by atoms with Gasteiger partial charge in [-0.2, -0.15) is 0 Å². The number of Topliss-reactive ketones (excluding diaryl/α,β-unsaturated/α-hetero) is 1. The number of nitro benzene ring substituents is 1. The highest BCUT2D eigenvalue weighted by molar-refractivity contribution is 6.46. The van der Waals surface area contributed by atoms with E-state index >= 15 is 0 Å². The third-order valence-electron chi connectivity index (χ3n) is 6.96. The maximum absolute atomic E-state index is 13.4. The molecule has 0 saturated carbocycles. The number of aromatic hydroxyl groups is 1. The van der Waals surface area contributed by atoms with Crippen molar-refractivity contribution >= 4 is 23.1 Å². The van der Waals surface area contributed by atoms with E-state index in [1.165, 1.54) is 11.0 Å². The SMILES string of the molecule is CCOc1ccc(/C(O)=C2/C(=O)C(=O)N(CCN(CC)CC)C2c2ccc(O)c([N+](=O)[O-])c2)cc1C(C)(C)C. The molecule has 1 unspecified atom stereocenters. The highest BCUT2D eigenvalue weighted by atomic mass is 16.6. The molecule has 0 aliphatic carbocycles. The number of rotatable bonds is 10. The number of hydrogen-bond donors (Lipinski definition) is 2. The molecule has 1 saturated heterocycles. The minimum Gasteiger partial charge on any atom is -0.507 e. The lowest BCUT2D eigenvalue weighted by Gasteiger charge is -2.28. The average Bonchev–Trinajstić information content (AvgIpc) is 3.13. The number of aliphatic hydroxyl groups excluding tert-OH is 1. The highest BCUT2D eigenvalue weighted by Gasteiger charge is 2.46. The molecule has 10 nitrogen and oxygen atoms in total. The second-order valence-electron chi connectivity index (χ2n) is 10.4. The zero-order valence-corrected chi connectivity index (χ0v) is 23.4. The van der Waals surface area contributed by atoms with Crippen molar-refractivity contribution in [3.63, 3.8) is 0 Å². The summed E-state index contributed by atoms with van der Waals surface area (Å²) in [4.78, 5) is 40.9. The zero-order valence-electron chi connectivity index (χ0n) is 23.4. The van der Waals surface area contributed by atoms with Crippen molar-refractivity contribution in [3.8, 4) is 11.5 Å². The third kappa shape index (κ3) is 6.06. The minimum absolute atomic E-state index is 0.163. The maximum Gasteiger partial charge on any atom is 0.311 e. The molecule has 0 spiro atoms. The van der Waals surface area contributed by atoms with E-state index in [1.807, 2.05) is 41.5 Å². The van der Waals surface area contributed by atoms with Gasteiger partial charge in [0.1, 0.15) is 11.5 Å². The number of aliphatic hydroxyl groups is 1. The number of likely N-dealkylation sites (tertiary alicyclic amines) is 1. The van der Waals surface area contributed by atoms with Crippen molar-refractivity contribution in [2.75, 3.05) is 32.8 Å². The van der Waals surface area contributed by atoms with Gasteiger partial charge in [0.15, 0.2) is 5.75 Å². The Kier molecular flexibility index (Phi) is 9.01. The number of nitrogens with zero attached hydrogens (tertiary/aromatic N) is 3. The molecule has 1 aliphatic rings. The molecular formula is C29H37N3O7. The van der Waals surface area contributed by atoms with Crippen molar-refractivity contribution in [1.29, 1.82) is 0 Å². The smallest absolute Gasteiger partial charge is 0.311 e. The van der Waals surface area contributed by atoms with Crippen LogP contribution in [0.4, 0.5) is 5.69 Å². The lowest BCUT2D eigenvalue weighted by Crippen LogP contribution is -2.38. The van der Waals surface area contributed by atoms with Gasteiger partial charge in [-0.3, -0.25) is 19.7 Å². The van der Waals surface area contributed by atoms with Crippen LogP contribution in [0.1, 0.15) is 64.3 Å². The number of hydrogen-bond acceptors (Lipinski definition) is 8. The fourth-order valence-corrected chi connectivity index (χ4v) is 4.80. The van der Waals surface area contributed by atoms with E-state index < -0.39 is 34.1 Å².